The molecule has 0 spiro atoms. The fourth-order valence-electron chi connectivity index (χ4n) is 2.90. The van der Waals surface area contributed by atoms with Gasteiger partial charge >= 0.3 is 5.97 Å². The number of nitrogens with zero attached hydrogens (tertiary/aromatic N) is 2. The number of carbonyl (C=O) groups excluding carboxylic acids is 1. The molecule has 4 aromatic rings. The van der Waals surface area contributed by atoms with Crippen LogP contribution in [0.4, 0.5) is 0 Å². The Balaban J connectivity index is 2.06. The molecule has 0 saturated carbocycles. The molecule has 0 unspecified atom stereocenters. The van der Waals surface area contributed by atoms with Crippen LogP contribution in [0.25, 0.3) is 27.9 Å². The van der Waals surface area contributed by atoms with Gasteiger partial charge in [0.1, 0.15) is 11.3 Å². The number of imidazole rings is 1. The summed E-state index contributed by atoms with van der Waals surface area (Å²) in [4.78, 5) is 31.7. The Morgan fingerprint density at radius 2 is 1.96 bits per heavy atom. The van der Waals surface area contributed by atoms with Gasteiger partial charge in [-0.05, 0) is 25.1 Å². The minimum absolute atomic E-state index is 0.230. The van der Waals surface area contributed by atoms with Crippen molar-refractivity contribution in [1.82, 2.24) is 14.4 Å². The first-order valence-electron chi connectivity index (χ1n) is 7.95. The average molecular weight is 333 g/mol. The second kappa shape index (κ2) is 5.90. The molecular weight excluding hydrogens is 318 g/mol. The predicted octanol–water partition coefficient (Wildman–Crippen LogP) is 3.02. The third-order valence-electron chi connectivity index (χ3n) is 4.02. The zero-order valence-electron chi connectivity index (χ0n) is 13.5. The first kappa shape index (κ1) is 15.1. The second-order valence-electron chi connectivity index (χ2n) is 5.58. The third-order valence-corrected chi connectivity index (χ3v) is 4.02. The number of fused-ring (bicyclic) bond motifs is 3. The van der Waals surface area contributed by atoms with Crippen molar-refractivity contribution in [2.45, 2.75) is 6.92 Å². The summed E-state index contributed by atoms with van der Waals surface area (Å²) in [6.07, 6.45) is 1.54. The van der Waals surface area contributed by atoms with Gasteiger partial charge in [0, 0.05) is 5.56 Å². The number of nitrogens with one attached hydrogen (secondary N) is 1. The molecule has 2 heterocycles. The highest BCUT2D eigenvalue weighted by atomic mass is 16.5. The molecule has 6 nitrogen and oxygen atoms in total. The number of aromatic nitrogens is 3. The highest BCUT2D eigenvalue weighted by Crippen LogP contribution is 2.23. The smallest absolute Gasteiger partial charge is 0.338 e. The molecule has 2 aromatic carbocycles. The topological polar surface area (TPSA) is 76.5 Å². The molecule has 0 aliphatic carbocycles. The largest absolute Gasteiger partial charge is 0.462 e. The Morgan fingerprint density at radius 3 is 2.72 bits per heavy atom. The molecular formula is C19H15N3O3. The van der Waals surface area contributed by atoms with Crippen LogP contribution in [0, 0.1) is 0 Å². The lowest BCUT2D eigenvalue weighted by molar-refractivity contribution is 0.0526. The molecule has 124 valence electrons. The van der Waals surface area contributed by atoms with Gasteiger partial charge in [-0.15, -0.1) is 0 Å². The number of ether oxygens (including phenoxy) is 1. The van der Waals surface area contributed by atoms with E-state index >= 15 is 0 Å². The first-order valence-corrected chi connectivity index (χ1v) is 7.95. The summed E-state index contributed by atoms with van der Waals surface area (Å²) in [6.45, 7) is 2.07. The van der Waals surface area contributed by atoms with Crippen molar-refractivity contribution < 1.29 is 9.53 Å². The number of esters is 1. The van der Waals surface area contributed by atoms with Gasteiger partial charge in [-0.1, -0.05) is 30.3 Å². The maximum atomic E-state index is 12.4. The SMILES string of the molecule is CCOC(=O)c1ccc2[nH]c(=O)c3cnc(-c4ccccc4)n3c2c1. The highest BCUT2D eigenvalue weighted by Gasteiger charge is 2.15. The molecule has 1 N–H and O–H groups in total. The normalized spacial score (nSPS) is 11.1. The Labute approximate surface area is 142 Å². The minimum Gasteiger partial charge on any atom is -0.462 e. The van der Waals surface area contributed by atoms with Gasteiger partial charge in [0.05, 0.1) is 29.4 Å². The van der Waals surface area contributed by atoms with Crippen molar-refractivity contribution in [3.63, 3.8) is 0 Å². The minimum atomic E-state index is -0.398. The van der Waals surface area contributed by atoms with E-state index in [0.29, 0.717) is 34.5 Å². The monoisotopic (exact) mass is 333 g/mol. The van der Waals surface area contributed by atoms with E-state index in [2.05, 4.69) is 9.97 Å². The maximum Gasteiger partial charge on any atom is 0.338 e. The van der Waals surface area contributed by atoms with Gasteiger partial charge in [-0.2, -0.15) is 0 Å². The molecule has 0 amide bonds. The molecule has 0 aliphatic rings. The lowest BCUT2D eigenvalue weighted by Crippen LogP contribution is -2.11. The van der Waals surface area contributed by atoms with Gasteiger partial charge in [0.15, 0.2) is 0 Å². The van der Waals surface area contributed by atoms with Gasteiger partial charge in [-0.25, -0.2) is 9.78 Å². The molecule has 2 aromatic heterocycles. The Kier molecular flexibility index (Phi) is 3.57. The van der Waals surface area contributed by atoms with Crippen LogP contribution >= 0.6 is 0 Å². The first-order chi connectivity index (χ1) is 12.2. The lowest BCUT2D eigenvalue weighted by atomic mass is 10.1. The fraction of sp³-hybridized carbons (Fsp3) is 0.105. The van der Waals surface area contributed by atoms with E-state index in [1.54, 1.807) is 29.5 Å². The van der Waals surface area contributed by atoms with Crippen LogP contribution in [0.2, 0.25) is 0 Å². The molecule has 0 saturated heterocycles. The van der Waals surface area contributed by atoms with E-state index < -0.39 is 5.97 Å². The number of hydrogen-bond acceptors (Lipinski definition) is 4. The van der Waals surface area contributed by atoms with Crippen molar-refractivity contribution in [1.29, 1.82) is 0 Å². The zero-order valence-corrected chi connectivity index (χ0v) is 13.5. The Bertz CT molecular complexity index is 1140. The number of H-pyrrole nitrogens is 1. The van der Waals surface area contributed by atoms with Gasteiger partial charge < -0.3 is 9.72 Å². The summed E-state index contributed by atoms with van der Waals surface area (Å²) in [5.41, 5.74) is 2.82. The molecule has 0 radical (unpaired) electrons. The number of hydrogen-bond donors (Lipinski definition) is 1. The van der Waals surface area contributed by atoms with Crippen LogP contribution in [0.15, 0.2) is 59.5 Å². The Morgan fingerprint density at radius 1 is 1.16 bits per heavy atom. The summed E-state index contributed by atoms with van der Waals surface area (Å²) in [7, 11) is 0. The molecule has 25 heavy (non-hydrogen) atoms. The van der Waals surface area contributed by atoms with Gasteiger partial charge in [-0.3, -0.25) is 9.20 Å². The molecule has 4 rings (SSSR count). The third kappa shape index (κ3) is 2.48. The summed E-state index contributed by atoms with van der Waals surface area (Å²) >= 11 is 0. The van der Waals surface area contributed by atoms with E-state index in [0.717, 1.165) is 5.56 Å². The molecule has 0 fully saturated rings. The van der Waals surface area contributed by atoms with E-state index in [4.69, 9.17) is 4.74 Å². The van der Waals surface area contributed by atoms with Crippen molar-refractivity contribution >= 4 is 22.5 Å². The Hall–Kier alpha value is -3.41. The maximum absolute atomic E-state index is 12.4. The predicted molar refractivity (Wildman–Crippen MR) is 94.7 cm³/mol. The van der Waals surface area contributed by atoms with Crippen LogP contribution < -0.4 is 5.56 Å². The van der Waals surface area contributed by atoms with Crippen LogP contribution in [0.1, 0.15) is 17.3 Å². The summed E-state index contributed by atoms with van der Waals surface area (Å²) in [5, 5.41) is 0. The number of aromatic amines is 1. The highest BCUT2D eigenvalue weighted by molar-refractivity contribution is 5.94. The van der Waals surface area contributed by atoms with Crippen molar-refractivity contribution in [3.8, 4) is 11.4 Å². The summed E-state index contributed by atoms with van der Waals surface area (Å²) < 4.78 is 6.84. The molecule has 6 heteroatoms. The summed E-state index contributed by atoms with van der Waals surface area (Å²) in [6, 6.07) is 14.7. The van der Waals surface area contributed by atoms with Crippen LogP contribution in [0.3, 0.4) is 0 Å². The molecule has 0 aliphatic heterocycles. The van der Waals surface area contributed by atoms with Crippen LogP contribution in [-0.2, 0) is 4.74 Å². The van der Waals surface area contributed by atoms with E-state index in [1.165, 1.54) is 6.20 Å². The number of carbonyl (C=O) groups is 1. The van der Waals surface area contributed by atoms with E-state index in [-0.39, 0.29) is 5.56 Å². The van der Waals surface area contributed by atoms with E-state index in [1.807, 2.05) is 30.3 Å². The van der Waals surface area contributed by atoms with Crippen molar-refractivity contribution in [2.75, 3.05) is 6.61 Å². The zero-order chi connectivity index (χ0) is 17.4. The second-order valence-corrected chi connectivity index (χ2v) is 5.58. The number of rotatable bonds is 3. The standard InChI is InChI=1S/C19H15N3O3/c1-2-25-19(24)13-8-9-14-15(10-13)22-16(18(23)21-14)11-20-17(22)12-6-4-3-5-7-12/h3-11H,2H2,1H3,(H,21,23). The fourth-order valence-corrected chi connectivity index (χ4v) is 2.90. The van der Waals surface area contributed by atoms with Gasteiger partial charge in [0.25, 0.3) is 5.56 Å². The van der Waals surface area contributed by atoms with Crippen molar-refractivity contribution in [3.05, 3.63) is 70.6 Å². The van der Waals surface area contributed by atoms with Crippen LogP contribution in [-0.4, -0.2) is 26.9 Å². The molecule has 0 atom stereocenters. The number of benzene rings is 2. The van der Waals surface area contributed by atoms with Crippen molar-refractivity contribution in [2.24, 2.45) is 0 Å². The van der Waals surface area contributed by atoms with Gasteiger partial charge in [0.2, 0.25) is 0 Å². The summed E-state index contributed by atoms with van der Waals surface area (Å²) in [5.74, 6) is 0.248. The van der Waals surface area contributed by atoms with E-state index in [9.17, 15) is 9.59 Å². The average Bonchev–Trinajstić information content (AvgIpc) is 3.08. The quantitative estimate of drug-likeness (QED) is 0.585. The lowest BCUT2D eigenvalue weighted by Gasteiger charge is -2.08. The van der Waals surface area contributed by atoms with Crippen LogP contribution in [0.5, 0.6) is 0 Å². The molecule has 0 bridgehead atoms.